The molecule has 2 heterocycles. The van der Waals surface area contributed by atoms with Gasteiger partial charge in [0.1, 0.15) is 0 Å². The molecule has 0 aliphatic carbocycles. The van der Waals surface area contributed by atoms with Crippen molar-refractivity contribution in [3.05, 3.63) is 70.2 Å². The molecule has 1 unspecified atom stereocenters. The van der Waals surface area contributed by atoms with Gasteiger partial charge >= 0.3 is 0 Å². The van der Waals surface area contributed by atoms with Crippen LogP contribution in [0.25, 0.3) is 0 Å². The van der Waals surface area contributed by atoms with Gasteiger partial charge in [-0.1, -0.05) is 58.4 Å². The molecule has 30 heavy (non-hydrogen) atoms. The predicted octanol–water partition coefficient (Wildman–Crippen LogP) is 3.51. The first-order valence-corrected chi connectivity index (χ1v) is 11.4. The summed E-state index contributed by atoms with van der Waals surface area (Å²) < 4.78 is 12.5. The summed E-state index contributed by atoms with van der Waals surface area (Å²) in [6.45, 7) is 5.09. The predicted molar refractivity (Wildman–Crippen MR) is 120 cm³/mol. The Kier molecular flexibility index (Phi) is 7.20. The van der Waals surface area contributed by atoms with E-state index in [2.05, 4.69) is 50.4 Å². The number of benzene rings is 2. The maximum atomic E-state index is 13.4. The number of nitrogens with zero attached hydrogens (tertiary/aromatic N) is 1. The van der Waals surface area contributed by atoms with Crippen LogP contribution in [0.1, 0.15) is 24.0 Å². The molecule has 2 saturated heterocycles. The van der Waals surface area contributed by atoms with Gasteiger partial charge in [-0.15, -0.1) is 0 Å². The first-order chi connectivity index (χ1) is 14.7. The lowest BCUT2D eigenvalue weighted by molar-refractivity contribution is -0.131. The molecule has 160 valence electrons. The second kappa shape index (κ2) is 10.1. The molecule has 0 saturated carbocycles. The highest BCUT2D eigenvalue weighted by Crippen LogP contribution is 2.35. The second-order valence-corrected chi connectivity index (χ2v) is 9.04. The van der Waals surface area contributed by atoms with Gasteiger partial charge in [-0.05, 0) is 36.1 Å². The Morgan fingerprint density at radius 1 is 1.07 bits per heavy atom. The Morgan fingerprint density at radius 2 is 1.80 bits per heavy atom. The molecule has 6 heteroatoms. The largest absolute Gasteiger partial charge is 0.381 e. The summed E-state index contributed by atoms with van der Waals surface area (Å²) in [5.41, 5.74) is 1.83. The summed E-state index contributed by atoms with van der Waals surface area (Å²) in [7, 11) is 0. The fourth-order valence-electron chi connectivity index (χ4n) is 4.40. The van der Waals surface area contributed by atoms with Crippen LogP contribution in [-0.4, -0.2) is 56.4 Å². The van der Waals surface area contributed by atoms with E-state index in [1.807, 2.05) is 30.3 Å². The van der Waals surface area contributed by atoms with E-state index in [1.54, 1.807) is 0 Å². The van der Waals surface area contributed by atoms with Crippen LogP contribution in [0.4, 0.5) is 0 Å². The van der Waals surface area contributed by atoms with Gasteiger partial charge in [0.05, 0.1) is 18.1 Å². The molecule has 2 aromatic rings. The molecule has 1 amide bonds. The van der Waals surface area contributed by atoms with Crippen LogP contribution in [0.2, 0.25) is 0 Å². The van der Waals surface area contributed by atoms with Crippen LogP contribution in [0, 0.1) is 0 Å². The second-order valence-electron chi connectivity index (χ2n) is 8.12. The molecule has 2 aliphatic rings. The fraction of sp³-hybridized carbons (Fsp3) is 0.458. The monoisotopic (exact) mass is 472 g/mol. The van der Waals surface area contributed by atoms with E-state index < -0.39 is 5.41 Å². The van der Waals surface area contributed by atoms with E-state index in [4.69, 9.17) is 9.47 Å². The molecule has 0 aromatic heterocycles. The van der Waals surface area contributed by atoms with E-state index in [9.17, 15) is 4.79 Å². The summed E-state index contributed by atoms with van der Waals surface area (Å²) in [6.07, 6.45) is 1.41. The maximum Gasteiger partial charge on any atom is 0.230 e. The lowest BCUT2D eigenvalue weighted by Gasteiger charge is -2.37. The standard InChI is InChI=1S/C24H29BrN2O3/c25-21-8-6-20(7-9-21)24(10-13-29-14-11-24)23(28)26-16-22-18-27(12-15-30-22)17-19-4-2-1-3-5-19/h1-9,22H,10-18H2,(H,26,28). The summed E-state index contributed by atoms with van der Waals surface area (Å²) in [5.74, 6) is 0.0805. The Labute approximate surface area is 186 Å². The Morgan fingerprint density at radius 3 is 2.53 bits per heavy atom. The van der Waals surface area contributed by atoms with E-state index in [1.165, 1.54) is 5.56 Å². The van der Waals surface area contributed by atoms with E-state index in [0.717, 1.165) is 29.7 Å². The van der Waals surface area contributed by atoms with Crippen LogP contribution in [-0.2, 0) is 26.2 Å². The molecular weight excluding hydrogens is 444 g/mol. The van der Waals surface area contributed by atoms with E-state index >= 15 is 0 Å². The highest BCUT2D eigenvalue weighted by Gasteiger charge is 2.41. The van der Waals surface area contributed by atoms with Crippen LogP contribution in [0.3, 0.4) is 0 Å². The van der Waals surface area contributed by atoms with Crippen molar-refractivity contribution in [2.24, 2.45) is 0 Å². The zero-order valence-electron chi connectivity index (χ0n) is 17.2. The van der Waals surface area contributed by atoms with Gasteiger partial charge in [0.25, 0.3) is 0 Å². The average Bonchev–Trinajstić information content (AvgIpc) is 2.79. The van der Waals surface area contributed by atoms with Gasteiger partial charge in [-0.25, -0.2) is 0 Å². The van der Waals surface area contributed by atoms with Crippen molar-refractivity contribution in [1.82, 2.24) is 10.2 Å². The van der Waals surface area contributed by atoms with Gasteiger partial charge in [-0.3, -0.25) is 9.69 Å². The van der Waals surface area contributed by atoms with E-state index in [-0.39, 0.29) is 12.0 Å². The fourth-order valence-corrected chi connectivity index (χ4v) is 4.66. The van der Waals surface area contributed by atoms with Crippen molar-refractivity contribution in [3.8, 4) is 0 Å². The van der Waals surface area contributed by atoms with E-state index in [0.29, 0.717) is 39.2 Å². The number of hydrogen-bond donors (Lipinski definition) is 1. The van der Waals surface area contributed by atoms with Crippen molar-refractivity contribution >= 4 is 21.8 Å². The third kappa shape index (κ3) is 5.11. The third-order valence-electron chi connectivity index (χ3n) is 6.14. The number of amides is 1. The average molecular weight is 473 g/mol. The minimum absolute atomic E-state index is 0.00761. The smallest absolute Gasteiger partial charge is 0.230 e. The topological polar surface area (TPSA) is 50.8 Å². The first kappa shape index (κ1) is 21.5. The Hall–Kier alpha value is -1.73. The molecule has 0 spiro atoms. The van der Waals surface area contributed by atoms with Crippen LogP contribution < -0.4 is 5.32 Å². The van der Waals surface area contributed by atoms with Crippen molar-refractivity contribution in [2.75, 3.05) is 39.5 Å². The summed E-state index contributed by atoms with van der Waals surface area (Å²) in [6, 6.07) is 18.6. The number of ether oxygens (including phenoxy) is 2. The van der Waals surface area contributed by atoms with Crippen molar-refractivity contribution in [1.29, 1.82) is 0 Å². The van der Waals surface area contributed by atoms with Crippen LogP contribution >= 0.6 is 15.9 Å². The SMILES string of the molecule is O=C(NCC1CN(Cc2ccccc2)CCO1)C1(c2ccc(Br)cc2)CCOCC1. The zero-order valence-corrected chi connectivity index (χ0v) is 18.8. The summed E-state index contributed by atoms with van der Waals surface area (Å²) in [5, 5.41) is 3.20. The van der Waals surface area contributed by atoms with Gasteiger partial charge in [-0.2, -0.15) is 0 Å². The normalized spacial score (nSPS) is 21.8. The van der Waals surface area contributed by atoms with Gasteiger partial charge in [0.2, 0.25) is 5.91 Å². The van der Waals surface area contributed by atoms with Gasteiger partial charge in [0, 0.05) is 43.9 Å². The lowest BCUT2D eigenvalue weighted by atomic mass is 9.73. The highest BCUT2D eigenvalue weighted by molar-refractivity contribution is 9.10. The molecule has 1 N–H and O–H groups in total. The number of halogens is 1. The molecule has 2 aromatic carbocycles. The Bertz CT molecular complexity index is 822. The molecule has 4 rings (SSSR count). The summed E-state index contributed by atoms with van der Waals surface area (Å²) >= 11 is 3.49. The molecule has 0 bridgehead atoms. The number of hydrogen-bond acceptors (Lipinski definition) is 4. The molecule has 0 radical (unpaired) electrons. The number of rotatable bonds is 6. The number of nitrogens with one attached hydrogen (secondary N) is 1. The molecule has 2 fully saturated rings. The van der Waals surface area contributed by atoms with Crippen molar-refractivity contribution in [2.45, 2.75) is 30.9 Å². The van der Waals surface area contributed by atoms with Crippen LogP contribution in [0.5, 0.6) is 0 Å². The zero-order chi connectivity index (χ0) is 20.8. The van der Waals surface area contributed by atoms with Gasteiger partial charge < -0.3 is 14.8 Å². The summed E-state index contributed by atoms with van der Waals surface area (Å²) in [4.78, 5) is 15.8. The minimum Gasteiger partial charge on any atom is -0.381 e. The van der Waals surface area contributed by atoms with Crippen molar-refractivity contribution < 1.29 is 14.3 Å². The number of carbonyl (C=O) groups excluding carboxylic acids is 1. The Balaban J connectivity index is 1.37. The molecule has 5 nitrogen and oxygen atoms in total. The van der Waals surface area contributed by atoms with Crippen LogP contribution in [0.15, 0.2) is 59.1 Å². The van der Waals surface area contributed by atoms with Crippen molar-refractivity contribution in [3.63, 3.8) is 0 Å². The minimum atomic E-state index is -0.530. The maximum absolute atomic E-state index is 13.4. The molecule has 2 aliphatic heterocycles. The number of carbonyl (C=O) groups is 1. The quantitative estimate of drug-likeness (QED) is 0.698. The van der Waals surface area contributed by atoms with Gasteiger partial charge in [0.15, 0.2) is 0 Å². The highest BCUT2D eigenvalue weighted by atomic mass is 79.9. The molecular formula is C24H29BrN2O3. The third-order valence-corrected chi connectivity index (χ3v) is 6.67. The number of morpholine rings is 1. The lowest BCUT2D eigenvalue weighted by Crippen LogP contribution is -2.52. The first-order valence-electron chi connectivity index (χ1n) is 10.7. The molecule has 1 atom stereocenters.